The van der Waals surface area contributed by atoms with Gasteiger partial charge in [0.1, 0.15) is 17.8 Å². The molecule has 35 heavy (non-hydrogen) atoms. The van der Waals surface area contributed by atoms with Gasteiger partial charge in [-0.25, -0.2) is 4.79 Å². The summed E-state index contributed by atoms with van der Waals surface area (Å²) in [7, 11) is 0. The molecule has 1 saturated carbocycles. The van der Waals surface area contributed by atoms with Crippen LogP contribution < -0.4 is 0 Å². The Labute approximate surface area is 196 Å². The van der Waals surface area contributed by atoms with Gasteiger partial charge in [-0.15, -0.1) is 0 Å². The molecule has 0 spiro atoms. The molecule has 3 heterocycles. The van der Waals surface area contributed by atoms with Gasteiger partial charge in [0.2, 0.25) is 0 Å². The summed E-state index contributed by atoms with van der Waals surface area (Å²) in [4.78, 5) is 24.9. The summed E-state index contributed by atoms with van der Waals surface area (Å²) in [6.07, 6.45) is -15.5. The standard InChI is InChI=1S/C22H26F6O7/c1-9(2)16(29)33-15-13-11(10-12(32-13)14(15)34-17(10)30)19(7-5-6-8-19)35-18(3,4)20(31,21(23,24)25)22(26,27)28/h10-15,31H,1,5-8H2,2-4H3. The van der Waals surface area contributed by atoms with E-state index in [0.29, 0.717) is 26.7 Å². The molecule has 13 heteroatoms. The Balaban J connectivity index is 1.74. The third-order valence-electron chi connectivity index (χ3n) is 7.70. The number of fused-ring (bicyclic) bond motifs is 1. The number of aliphatic hydroxyl groups is 1. The molecule has 4 aliphatic rings. The highest BCUT2D eigenvalue weighted by Crippen LogP contribution is 2.61. The first-order chi connectivity index (χ1) is 15.9. The zero-order chi connectivity index (χ0) is 26.4. The first kappa shape index (κ1) is 26.2. The minimum Gasteiger partial charge on any atom is -0.455 e. The van der Waals surface area contributed by atoms with Gasteiger partial charge in [0.25, 0.3) is 5.60 Å². The van der Waals surface area contributed by atoms with E-state index in [4.69, 9.17) is 18.9 Å². The Morgan fingerprint density at radius 1 is 1.06 bits per heavy atom. The smallest absolute Gasteiger partial charge is 0.429 e. The maximum Gasteiger partial charge on any atom is 0.429 e. The van der Waals surface area contributed by atoms with Crippen LogP contribution in [0.1, 0.15) is 46.5 Å². The molecule has 6 atom stereocenters. The molecule has 7 nitrogen and oxygen atoms in total. The number of rotatable bonds is 6. The van der Waals surface area contributed by atoms with Crippen molar-refractivity contribution in [2.24, 2.45) is 11.8 Å². The van der Waals surface area contributed by atoms with E-state index in [1.807, 2.05) is 0 Å². The molecule has 0 aromatic rings. The van der Waals surface area contributed by atoms with Gasteiger partial charge >= 0.3 is 24.3 Å². The molecule has 4 rings (SSSR count). The maximum atomic E-state index is 13.7. The Morgan fingerprint density at radius 2 is 1.60 bits per heavy atom. The van der Waals surface area contributed by atoms with Crippen LogP contribution >= 0.6 is 0 Å². The Kier molecular flexibility index (Phi) is 5.85. The minimum absolute atomic E-state index is 0.00900. The van der Waals surface area contributed by atoms with Crippen molar-refractivity contribution in [1.29, 1.82) is 0 Å². The van der Waals surface area contributed by atoms with E-state index in [9.17, 15) is 41.0 Å². The van der Waals surface area contributed by atoms with Crippen LogP contribution in [0.2, 0.25) is 0 Å². The normalized spacial score (nSPS) is 34.3. The van der Waals surface area contributed by atoms with Gasteiger partial charge in [0.05, 0.1) is 11.5 Å². The van der Waals surface area contributed by atoms with Crippen molar-refractivity contribution in [1.82, 2.24) is 0 Å². The fourth-order valence-electron chi connectivity index (χ4n) is 6.21. The Morgan fingerprint density at radius 3 is 2.09 bits per heavy atom. The summed E-state index contributed by atoms with van der Waals surface area (Å²) in [5, 5.41) is 10.1. The van der Waals surface area contributed by atoms with Gasteiger partial charge in [-0.2, -0.15) is 26.3 Å². The summed E-state index contributed by atoms with van der Waals surface area (Å²) in [6, 6.07) is 0. The third kappa shape index (κ3) is 3.59. The second kappa shape index (κ2) is 7.82. The number of hydrogen-bond donors (Lipinski definition) is 1. The summed E-state index contributed by atoms with van der Waals surface area (Å²) < 4.78 is 105. The minimum atomic E-state index is -6.11. The molecule has 0 amide bonds. The molecular weight excluding hydrogens is 490 g/mol. The summed E-state index contributed by atoms with van der Waals surface area (Å²) in [5.74, 6) is -3.65. The van der Waals surface area contributed by atoms with Crippen molar-refractivity contribution >= 4 is 11.9 Å². The fraction of sp³-hybridized carbons (Fsp3) is 0.818. The van der Waals surface area contributed by atoms with Gasteiger partial charge in [0, 0.05) is 11.5 Å². The summed E-state index contributed by atoms with van der Waals surface area (Å²) >= 11 is 0. The monoisotopic (exact) mass is 516 g/mol. The molecule has 6 unspecified atom stereocenters. The van der Waals surface area contributed by atoms with E-state index in [1.54, 1.807) is 0 Å². The molecule has 2 bridgehead atoms. The lowest BCUT2D eigenvalue weighted by molar-refractivity contribution is -0.423. The molecule has 0 aromatic carbocycles. The van der Waals surface area contributed by atoms with Crippen LogP contribution in [0.5, 0.6) is 0 Å². The number of carbonyl (C=O) groups excluding carboxylic acids is 2. The SMILES string of the molecule is C=C(C)C(=O)OC1C2OC(=O)C3C2OC1C3C1(OC(C)(C)C(O)(C(F)(F)F)C(F)(F)F)CCCC1. The van der Waals surface area contributed by atoms with E-state index < -0.39 is 77.3 Å². The van der Waals surface area contributed by atoms with E-state index >= 15 is 0 Å². The molecule has 4 fully saturated rings. The lowest BCUT2D eigenvalue weighted by atomic mass is 9.68. The molecule has 1 aliphatic carbocycles. The number of esters is 2. The quantitative estimate of drug-likeness (QED) is 0.329. The largest absolute Gasteiger partial charge is 0.455 e. The van der Waals surface area contributed by atoms with Crippen molar-refractivity contribution in [2.45, 2.75) is 100 Å². The molecule has 0 aromatic heterocycles. The zero-order valence-corrected chi connectivity index (χ0v) is 19.2. The van der Waals surface area contributed by atoms with E-state index in [2.05, 4.69) is 6.58 Å². The third-order valence-corrected chi connectivity index (χ3v) is 7.70. The molecular formula is C22H26F6O7. The Hall–Kier alpha value is -1.86. The van der Waals surface area contributed by atoms with Crippen LogP contribution in [0.3, 0.4) is 0 Å². The predicted octanol–water partition coefficient (Wildman–Crippen LogP) is 3.38. The number of alkyl halides is 6. The average Bonchev–Trinajstić information content (AvgIpc) is 3.43. The fourth-order valence-corrected chi connectivity index (χ4v) is 6.21. The first-order valence-corrected chi connectivity index (χ1v) is 11.2. The second-order valence-electron chi connectivity index (χ2n) is 10.3. The van der Waals surface area contributed by atoms with Crippen LogP contribution in [-0.2, 0) is 28.5 Å². The lowest BCUT2D eigenvalue weighted by Gasteiger charge is -2.51. The van der Waals surface area contributed by atoms with Crippen LogP contribution in [0.15, 0.2) is 12.2 Å². The Bertz CT molecular complexity index is 906. The molecule has 3 saturated heterocycles. The summed E-state index contributed by atoms with van der Waals surface area (Å²) in [6.45, 7) is 5.91. The number of ether oxygens (including phenoxy) is 4. The van der Waals surface area contributed by atoms with Gasteiger partial charge in [-0.05, 0) is 33.6 Å². The van der Waals surface area contributed by atoms with Crippen molar-refractivity contribution in [2.75, 3.05) is 0 Å². The van der Waals surface area contributed by atoms with Crippen molar-refractivity contribution in [3.8, 4) is 0 Å². The van der Waals surface area contributed by atoms with Crippen LogP contribution in [0.4, 0.5) is 26.3 Å². The molecule has 3 aliphatic heterocycles. The van der Waals surface area contributed by atoms with E-state index in [1.165, 1.54) is 6.92 Å². The van der Waals surface area contributed by atoms with Crippen molar-refractivity contribution < 1.29 is 60.0 Å². The highest BCUT2D eigenvalue weighted by molar-refractivity contribution is 5.87. The highest BCUT2D eigenvalue weighted by Gasteiger charge is 2.80. The highest BCUT2D eigenvalue weighted by atomic mass is 19.4. The van der Waals surface area contributed by atoms with Crippen molar-refractivity contribution in [3.63, 3.8) is 0 Å². The first-order valence-electron chi connectivity index (χ1n) is 11.2. The zero-order valence-electron chi connectivity index (χ0n) is 19.2. The van der Waals surface area contributed by atoms with Crippen LogP contribution in [-0.4, -0.2) is 70.6 Å². The molecule has 0 radical (unpaired) electrons. The van der Waals surface area contributed by atoms with Gasteiger partial charge in [-0.3, -0.25) is 4.79 Å². The van der Waals surface area contributed by atoms with Gasteiger partial charge in [0.15, 0.2) is 12.2 Å². The summed E-state index contributed by atoms with van der Waals surface area (Å²) in [5.41, 5.74) is -10.1. The van der Waals surface area contributed by atoms with Crippen LogP contribution in [0, 0.1) is 11.8 Å². The van der Waals surface area contributed by atoms with Gasteiger partial charge < -0.3 is 24.1 Å². The number of hydrogen-bond acceptors (Lipinski definition) is 7. The maximum absolute atomic E-state index is 13.7. The molecule has 198 valence electrons. The number of halogens is 6. The van der Waals surface area contributed by atoms with E-state index in [-0.39, 0.29) is 18.4 Å². The van der Waals surface area contributed by atoms with Crippen molar-refractivity contribution in [3.05, 3.63) is 12.2 Å². The topological polar surface area (TPSA) is 91.3 Å². The van der Waals surface area contributed by atoms with Crippen LogP contribution in [0.25, 0.3) is 0 Å². The lowest BCUT2D eigenvalue weighted by Crippen LogP contribution is -2.71. The average molecular weight is 516 g/mol. The van der Waals surface area contributed by atoms with E-state index in [0.717, 1.165) is 0 Å². The second-order valence-corrected chi connectivity index (χ2v) is 10.3. The number of carbonyl (C=O) groups is 2. The predicted molar refractivity (Wildman–Crippen MR) is 104 cm³/mol. The van der Waals surface area contributed by atoms with Gasteiger partial charge in [-0.1, -0.05) is 19.4 Å². The molecule has 1 N–H and O–H groups in total.